The molecule has 2 heterocycles. The maximum absolute atomic E-state index is 12.5. The zero-order valence-electron chi connectivity index (χ0n) is 17.5. The summed E-state index contributed by atoms with van der Waals surface area (Å²) in [6.07, 6.45) is 3.80. The molecular weight excluding hydrogens is 382 g/mol. The van der Waals surface area contributed by atoms with Gasteiger partial charge in [0.15, 0.2) is 0 Å². The van der Waals surface area contributed by atoms with E-state index >= 15 is 0 Å². The van der Waals surface area contributed by atoms with E-state index in [0.717, 1.165) is 64.1 Å². The van der Waals surface area contributed by atoms with Crippen LogP contribution in [0.4, 0.5) is 0 Å². The molecule has 1 saturated carbocycles. The highest BCUT2D eigenvalue weighted by molar-refractivity contribution is 6.05. The monoisotopic (exact) mass is 414 g/mol. The molecule has 0 bridgehead atoms. The largest absolute Gasteiger partial charge is 0.370 e. The molecule has 4 rings (SSSR count). The summed E-state index contributed by atoms with van der Waals surface area (Å²) in [7, 11) is 0. The van der Waals surface area contributed by atoms with Gasteiger partial charge in [-0.3, -0.25) is 19.3 Å². The summed E-state index contributed by atoms with van der Waals surface area (Å²) in [4.78, 5) is 40.3. The lowest BCUT2D eigenvalue weighted by molar-refractivity contribution is -0.921. The Labute approximate surface area is 177 Å². The van der Waals surface area contributed by atoms with Gasteiger partial charge in [-0.15, -0.1) is 0 Å². The van der Waals surface area contributed by atoms with Crippen LogP contribution in [0.15, 0.2) is 24.3 Å². The van der Waals surface area contributed by atoms with E-state index in [-0.39, 0.29) is 42.5 Å². The molecule has 2 atom stereocenters. The number of carbonyl (C=O) groups is 3. The Hall–Kier alpha value is -2.25. The van der Waals surface area contributed by atoms with Gasteiger partial charge in [-0.1, -0.05) is 37.1 Å². The highest BCUT2D eigenvalue weighted by Gasteiger charge is 2.47. The van der Waals surface area contributed by atoms with Crippen molar-refractivity contribution in [3.63, 3.8) is 0 Å². The predicted molar refractivity (Wildman–Crippen MR) is 110 cm³/mol. The second-order valence-corrected chi connectivity index (χ2v) is 8.66. The second-order valence-electron chi connectivity index (χ2n) is 8.66. The normalized spacial score (nSPS) is 24.7. The quantitative estimate of drug-likeness (QED) is 0.629. The number of benzene rings is 1. The van der Waals surface area contributed by atoms with E-state index in [1.165, 1.54) is 15.4 Å². The minimum Gasteiger partial charge on any atom is -0.370 e. The number of carbonyl (C=O) groups excluding carboxylic acids is 3. The number of ether oxygens (including phenoxy) is 1. The molecule has 2 aliphatic heterocycles. The molecule has 7 nitrogen and oxygen atoms in total. The van der Waals surface area contributed by atoms with Crippen molar-refractivity contribution < 1.29 is 24.0 Å². The first-order valence-corrected chi connectivity index (χ1v) is 11.2. The molecule has 3 amide bonds. The van der Waals surface area contributed by atoms with Crippen LogP contribution < -0.4 is 10.2 Å². The minimum absolute atomic E-state index is 0.0728. The third kappa shape index (κ3) is 4.73. The van der Waals surface area contributed by atoms with Gasteiger partial charge in [0.25, 0.3) is 0 Å². The van der Waals surface area contributed by atoms with Gasteiger partial charge >= 0.3 is 0 Å². The Morgan fingerprint density at radius 2 is 1.67 bits per heavy atom. The van der Waals surface area contributed by atoms with Gasteiger partial charge in [0.05, 0.1) is 25.0 Å². The van der Waals surface area contributed by atoms with Crippen LogP contribution in [0.3, 0.4) is 0 Å². The van der Waals surface area contributed by atoms with Gasteiger partial charge in [-0.05, 0) is 18.4 Å². The molecule has 0 unspecified atom stereocenters. The topological polar surface area (TPSA) is 80.2 Å². The van der Waals surface area contributed by atoms with Crippen LogP contribution >= 0.6 is 0 Å². The summed E-state index contributed by atoms with van der Waals surface area (Å²) in [5.41, 5.74) is 2.35. The van der Waals surface area contributed by atoms with E-state index in [0.29, 0.717) is 6.54 Å². The summed E-state index contributed by atoms with van der Waals surface area (Å²) < 4.78 is 5.43. The van der Waals surface area contributed by atoms with E-state index in [1.807, 2.05) is 18.2 Å². The molecule has 1 aromatic carbocycles. The Morgan fingerprint density at radius 3 is 2.33 bits per heavy atom. The van der Waals surface area contributed by atoms with Crippen molar-refractivity contribution in [1.29, 1.82) is 0 Å². The first-order chi connectivity index (χ1) is 14.6. The summed E-state index contributed by atoms with van der Waals surface area (Å²) in [5, 5.41) is 2.97. The SMILES string of the molecule is O=C(CCN1C(=O)[C@H]2CCCC[C@H]2C1=O)NCc1ccccc1C[NH+]1CCOCC1. The predicted octanol–water partition coefficient (Wildman–Crippen LogP) is 0.283. The molecule has 1 aliphatic carbocycles. The number of amides is 3. The number of imide groups is 1. The van der Waals surface area contributed by atoms with E-state index in [2.05, 4.69) is 11.4 Å². The molecule has 0 aromatic heterocycles. The highest BCUT2D eigenvalue weighted by atomic mass is 16.5. The van der Waals surface area contributed by atoms with Crippen LogP contribution in [0.5, 0.6) is 0 Å². The van der Waals surface area contributed by atoms with E-state index in [4.69, 9.17) is 4.74 Å². The van der Waals surface area contributed by atoms with Crippen molar-refractivity contribution in [2.24, 2.45) is 11.8 Å². The Balaban J connectivity index is 1.27. The molecule has 2 N–H and O–H groups in total. The van der Waals surface area contributed by atoms with Crippen molar-refractivity contribution in [2.75, 3.05) is 32.8 Å². The maximum atomic E-state index is 12.5. The Morgan fingerprint density at radius 1 is 1.03 bits per heavy atom. The number of hydrogen-bond acceptors (Lipinski definition) is 4. The van der Waals surface area contributed by atoms with Gasteiger partial charge in [0, 0.05) is 25.1 Å². The average molecular weight is 415 g/mol. The van der Waals surface area contributed by atoms with Crippen LogP contribution in [0.25, 0.3) is 0 Å². The van der Waals surface area contributed by atoms with Crippen molar-refractivity contribution in [3.05, 3.63) is 35.4 Å². The second kappa shape index (κ2) is 9.71. The fourth-order valence-corrected chi connectivity index (χ4v) is 4.96. The van der Waals surface area contributed by atoms with E-state index in [1.54, 1.807) is 0 Å². The molecule has 0 radical (unpaired) electrons. The first kappa shape index (κ1) is 21.0. The lowest BCUT2D eigenvalue weighted by atomic mass is 9.81. The van der Waals surface area contributed by atoms with Gasteiger partial charge in [0.1, 0.15) is 19.6 Å². The first-order valence-electron chi connectivity index (χ1n) is 11.2. The van der Waals surface area contributed by atoms with Crippen LogP contribution in [0.2, 0.25) is 0 Å². The average Bonchev–Trinajstić information content (AvgIpc) is 3.02. The van der Waals surface area contributed by atoms with Crippen LogP contribution in [-0.4, -0.2) is 55.5 Å². The Kier molecular flexibility index (Phi) is 6.79. The Bertz CT molecular complexity index is 766. The number of quaternary nitrogens is 1. The zero-order valence-corrected chi connectivity index (χ0v) is 17.5. The van der Waals surface area contributed by atoms with Crippen molar-refractivity contribution in [1.82, 2.24) is 10.2 Å². The molecule has 2 saturated heterocycles. The zero-order chi connectivity index (χ0) is 20.9. The highest BCUT2D eigenvalue weighted by Crippen LogP contribution is 2.37. The number of nitrogens with one attached hydrogen (secondary N) is 2. The summed E-state index contributed by atoms with van der Waals surface area (Å²) in [5.74, 6) is -0.570. The summed E-state index contributed by atoms with van der Waals surface area (Å²) in [6, 6.07) is 8.19. The smallest absolute Gasteiger partial charge is 0.233 e. The molecule has 30 heavy (non-hydrogen) atoms. The number of nitrogens with zero attached hydrogens (tertiary/aromatic N) is 1. The number of likely N-dealkylation sites (tertiary alicyclic amines) is 1. The third-order valence-electron chi connectivity index (χ3n) is 6.73. The lowest BCUT2D eigenvalue weighted by Crippen LogP contribution is -3.12. The van der Waals surface area contributed by atoms with Crippen molar-refractivity contribution in [2.45, 2.75) is 45.2 Å². The van der Waals surface area contributed by atoms with Gasteiger partial charge in [-0.25, -0.2) is 0 Å². The van der Waals surface area contributed by atoms with Gasteiger partial charge < -0.3 is 15.0 Å². The number of morpholine rings is 1. The van der Waals surface area contributed by atoms with E-state index < -0.39 is 0 Å². The minimum atomic E-state index is -0.149. The lowest BCUT2D eigenvalue weighted by Gasteiger charge is -2.24. The van der Waals surface area contributed by atoms with Crippen LogP contribution in [0.1, 0.15) is 43.2 Å². The molecular formula is C23H32N3O4+. The number of fused-ring (bicyclic) bond motifs is 1. The number of rotatable bonds is 7. The van der Waals surface area contributed by atoms with Crippen LogP contribution in [0, 0.1) is 11.8 Å². The molecule has 3 fully saturated rings. The summed E-state index contributed by atoms with van der Waals surface area (Å²) >= 11 is 0. The van der Waals surface area contributed by atoms with Gasteiger partial charge in [0.2, 0.25) is 17.7 Å². The standard InChI is InChI=1S/C23H31N3O4/c27-21(9-10-26-22(28)19-7-3-4-8-20(19)23(26)29)24-15-17-5-1-2-6-18(17)16-25-11-13-30-14-12-25/h1-2,5-6,19-20H,3-4,7-16H2,(H,24,27)/p+1/t19-,20+. The number of hydrogen-bond donors (Lipinski definition) is 2. The molecule has 3 aliphatic rings. The molecule has 0 spiro atoms. The molecule has 7 heteroatoms. The summed E-state index contributed by atoms with van der Waals surface area (Å²) in [6.45, 7) is 5.17. The molecule has 162 valence electrons. The van der Waals surface area contributed by atoms with Crippen LogP contribution in [-0.2, 0) is 32.2 Å². The van der Waals surface area contributed by atoms with Crippen molar-refractivity contribution in [3.8, 4) is 0 Å². The molecule has 1 aromatic rings. The fourth-order valence-electron chi connectivity index (χ4n) is 4.96. The van der Waals surface area contributed by atoms with Crippen molar-refractivity contribution >= 4 is 17.7 Å². The van der Waals surface area contributed by atoms with Gasteiger partial charge in [-0.2, -0.15) is 0 Å². The maximum Gasteiger partial charge on any atom is 0.233 e. The fraction of sp³-hybridized carbons (Fsp3) is 0.609. The van der Waals surface area contributed by atoms with E-state index in [9.17, 15) is 14.4 Å². The third-order valence-corrected chi connectivity index (χ3v) is 6.73.